The number of rotatable bonds is 3. The lowest BCUT2D eigenvalue weighted by molar-refractivity contribution is -0.157. The molecule has 1 aromatic rings. The van der Waals surface area contributed by atoms with Gasteiger partial charge in [0, 0.05) is 6.54 Å². The molecule has 0 aliphatic carbocycles. The van der Waals surface area contributed by atoms with Crippen LogP contribution in [0, 0.1) is 0 Å². The third kappa shape index (κ3) is 2.05. The van der Waals surface area contributed by atoms with Gasteiger partial charge in [0.05, 0.1) is 6.04 Å². The van der Waals surface area contributed by atoms with Crippen molar-refractivity contribution in [3.8, 4) is 0 Å². The molecule has 1 saturated heterocycles. The average Bonchev–Trinajstić information content (AvgIpc) is 2.25. The molecule has 1 N–H and O–H groups in total. The topological polar surface area (TPSA) is 55.4 Å². The van der Waals surface area contributed by atoms with Crippen molar-refractivity contribution in [3.63, 3.8) is 0 Å². The second kappa shape index (κ2) is 4.23. The van der Waals surface area contributed by atoms with Crippen LogP contribution in [0.3, 0.4) is 0 Å². The summed E-state index contributed by atoms with van der Waals surface area (Å²) in [5, 5.41) is 3.15. The van der Waals surface area contributed by atoms with Crippen molar-refractivity contribution in [1.29, 1.82) is 0 Å². The Bertz CT molecular complexity index is 363. The van der Waals surface area contributed by atoms with Crippen LogP contribution in [-0.2, 0) is 14.3 Å². The fourth-order valence-electron chi connectivity index (χ4n) is 1.61. The van der Waals surface area contributed by atoms with Crippen LogP contribution in [-0.4, -0.2) is 24.9 Å². The highest BCUT2D eigenvalue weighted by molar-refractivity contribution is 6.20. The number of carbonyl (C=O) groups is 2. The zero-order valence-electron chi connectivity index (χ0n) is 8.05. The van der Waals surface area contributed by atoms with Gasteiger partial charge >= 0.3 is 5.97 Å². The van der Waals surface area contributed by atoms with Crippen LogP contribution >= 0.6 is 0 Å². The van der Waals surface area contributed by atoms with Crippen LogP contribution in [0.4, 0.5) is 0 Å². The van der Waals surface area contributed by atoms with Crippen LogP contribution in [0.2, 0.25) is 0 Å². The van der Waals surface area contributed by atoms with E-state index >= 15 is 0 Å². The molecular formula is C11H11NO3. The van der Waals surface area contributed by atoms with Gasteiger partial charge in [-0.2, -0.15) is 0 Å². The largest absolute Gasteiger partial charge is 0.453 e. The second-order valence-electron chi connectivity index (χ2n) is 3.39. The maximum absolute atomic E-state index is 10.8. The van der Waals surface area contributed by atoms with Gasteiger partial charge in [0.15, 0.2) is 0 Å². The summed E-state index contributed by atoms with van der Waals surface area (Å²) < 4.78 is 4.93. The van der Waals surface area contributed by atoms with Gasteiger partial charge in [-0.1, -0.05) is 30.3 Å². The number of aldehydes is 1. The van der Waals surface area contributed by atoms with E-state index < -0.39 is 5.97 Å². The van der Waals surface area contributed by atoms with Crippen LogP contribution in [0.1, 0.15) is 11.6 Å². The molecule has 1 fully saturated rings. The van der Waals surface area contributed by atoms with Crippen molar-refractivity contribution in [2.75, 3.05) is 6.54 Å². The predicted molar refractivity (Wildman–Crippen MR) is 53.1 cm³/mol. The van der Waals surface area contributed by atoms with E-state index in [1.807, 2.05) is 30.3 Å². The third-order valence-electron chi connectivity index (χ3n) is 2.43. The lowest BCUT2D eigenvalue weighted by atomic mass is 9.95. The Morgan fingerprint density at radius 3 is 2.67 bits per heavy atom. The van der Waals surface area contributed by atoms with E-state index in [9.17, 15) is 9.59 Å². The van der Waals surface area contributed by atoms with Gasteiger partial charge in [-0.3, -0.25) is 4.79 Å². The van der Waals surface area contributed by atoms with Gasteiger partial charge in [0.2, 0.25) is 6.29 Å². The number of carbonyl (C=O) groups excluding carboxylic acids is 2. The molecule has 1 heterocycles. The first-order valence-electron chi connectivity index (χ1n) is 4.75. The summed E-state index contributed by atoms with van der Waals surface area (Å²) in [6.07, 6.45) is -0.0366. The minimum absolute atomic E-state index is 0.00935. The average molecular weight is 205 g/mol. The summed E-state index contributed by atoms with van der Waals surface area (Å²) in [5.74, 6) is -0.803. The number of ether oxygens (including phenoxy) is 1. The van der Waals surface area contributed by atoms with E-state index in [-0.39, 0.29) is 18.4 Å². The van der Waals surface area contributed by atoms with Crippen molar-refractivity contribution in [3.05, 3.63) is 35.9 Å². The van der Waals surface area contributed by atoms with E-state index in [2.05, 4.69) is 5.32 Å². The highest BCUT2D eigenvalue weighted by Gasteiger charge is 2.34. The number of hydrogen-bond acceptors (Lipinski definition) is 4. The summed E-state index contributed by atoms with van der Waals surface area (Å²) >= 11 is 0. The second-order valence-corrected chi connectivity index (χ2v) is 3.39. The van der Waals surface area contributed by atoms with E-state index in [1.165, 1.54) is 0 Å². The van der Waals surface area contributed by atoms with Crippen LogP contribution in [0.25, 0.3) is 0 Å². The Labute approximate surface area is 87.2 Å². The Balaban J connectivity index is 2.01. The molecule has 1 aliphatic rings. The van der Waals surface area contributed by atoms with E-state index in [0.717, 1.165) is 5.56 Å². The lowest BCUT2D eigenvalue weighted by Gasteiger charge is -2.37. The number of benzene rings is 1. The molecule has 1 aromatic carbocycles. The molecule has 1 aliphatic heterocycles. The summed E-state index contributed by atoms with van der Waals surface area (Å²) in [7, 11) is 0. The zero-order chi connectivity index (χ0) is 10.7. The zero-order valence-corrected chi connectivity index (χ0v) is 8.05. The first kappa shape index (κ1) is 9.86. The molecule has 0 aromatic heterocycles. The molecule has 0 saturated carbocycles. The fraction of sp³-hybridized carbons (Fsp3) is 0.273. The standard InChI is InChI=1S/C11H11NO3/c13-7-10(14)15-9-6-12-11(9)8-4-2-1-3-5-8/h1-5,7,9,11-12H,6H2/t9-,11+/m1/s1. The van der Waals surface area contributed by atoms with E-state index in [4.69, 9.17) is 4.74 Å². The molecule has 4 heteroatoms. The van der Waals surface area contributed by atoms with Crippen LogP contribution < -0.4 is 5.32 Å². The Morgan fingerprint density at radius 1 is 1.40 bits per heavy atom. The van der Waals surface area contributed by atoms with Crippen molar-refractivity contribution < 1.29 is 14.3 Å². The molecule has 2 rings (SSSR count). The van der Waals surface area contributed by atoms with E-state index in [0.29, 0.717) is 6.54 Å². The fourth-order valence-corrected chi connectivity index (χ4v) is 1.61. The summed E-state index contributed by atoms with van der Waals surface area (Å²) in [4.78, 5) is 20.9. The minimum Gasteiger partial charge on any atom is -0.453 e. The molecule has 15 heavy (non-hydrogen) atoms. The monoisotopic (exact) mass is 205 g/mol. The molecule has 0 radical (unpaired) electrons. The number of esters is 1. The molecule has 2 atom stereocenters. The molecule has 0 unspecified atom stereocenters. The first-order chi connectivity index (χ1) is 7.31. The van der Waals surface area contributed by atoms with Crippen molar-refractivity contribution in [2.45, 2.75) is 12.1 Å². The predicted octanol–water partition coefficient (Wildman–Crippen LogP) is 0.442. The molecule has 0 bridgehead atoms. The molecule has 78 valence electrons. The maximum Gasteiger partial charge on any atom is 0.371 e. The van der Waals surface area contributed by atoms with Gasteiger partial charge in [0.1, 0.15) is 6.10 Å². The smallest absolute Gasteiger partial charge is 0.371 e. The first-order valence-corrected chi connectivity index (χ1v) is 4.75. The third-order valence-corrected chi connectivity index (χ3v) is 2.43. The van der Waals surface area contributed by atoms with Gasteiger partial charge in [-0.05, 0) is 5.56 Å². The van der Waals surface area contributed by atoms with Gasteiger partial charge < -0.3 is 10.1 Å². The normalized spacial score (nSPS) is 24.0. The quantitative estimate of drug-likeness (QED) is 0.442. The highest BCUT2D eigenvalue weighted by atomic mass is 16.6. The van der Waals surface area contributed by atoms with Crippen molar-refractivity contribution in [1.82, 2.24) is 5.32 Å². The number of hydrogen-bond donors (Lipinski definition) is 1. The Kier molecular flexibility index (Phi) is 2.78. The van der Waals surface area contributed by atoms with Crippen molar-refractivity contribution >= 4 is 12.3 Å². The van der Waals surface area contributed by atoms with Crippen molar-refractivity contribution in [2.24, 2.45) is 0 Å². The van der Waals surface area contributed by atoms with E-state index in [1.54, 1.807) is 0 Å². The summed E-state index contributed by atoms with van der Waals surface area (Å²) in [6, 6.07) is 9.70. The Hall–Kier alpha value is -1.68. The van der Waals surface area contributed by atoms with Gasteiger partial charge in [-0.15, -0.1) is 0 Å². The molecule has 4 nitrogen and oxygen atoms in total. The minimum atomic E-state index is -0.803. The Morgan fingerprint density at radius 2 is 2.13 bits per heavy atom. The highest BCUT2D eigenvalue weighted by Crippen LogP contribution is 2.25. The van der Waals surface area contributed by atoms with Gasteiger partial charge in [0.25, 0.3) is 0 Å². The molecular weight excluding hydrogens is 194 g/mol. The molecule has 0 spiro atoms. The number of nitrogens with one attached hydrogen (secondary N) is 1. The SMILES string of the molecule is O=CC(=O)O[C@@H]1CN[C@H]1c1ccccc1. The summed E-state index contributed by atoms with van der Waals surface area (Å²) in [6.45, 7) is 0.596. The van der Waals surface area contributed by atoms with Crippen LogP contribution in [0.5, 0.6) is 0 Å². The summed E-state index contributed by atoms with van der Waals surface area (Å²) in [5.41, 5.74) is 1.06. The van der Waals surface area contributed by atoms with Crippen LogP contribution in [0.15, 0.2) is 30.3 Å². The molecule has 0 amide bonds. The lowest BCUT2D eigenvalue weighted by Crippen LogP contribution is -2.52. The maximum atomic E-state index is 10.8. The van der Waals surface area contributed by atoms with Gasteiger partial charge in [-0.25, -0.2) is 4.79 Å².